The largest absolute Gasteiger partial charge is 0.379 e. The molecular formula is C19H30O5S. The van der Waals surface area contributed by atoms with Crippen molar-refractivity contribution in [2.45, 2.75) is 25.5 Å². The highest BCUT2D eigenvalue weighted by atomic mass is 32.2. The maximum Gasteiger partial charge on any atom is 0.191 e. The summed E-state index contributed by atoms with van der Waals surface area (Å²) in [4.78, 5) is 11.7. The molecule has 0 bridgehead atoms. The molecule has 0 aromatic heterocycles. The van der Waals surface area contributed by atoms with Crippen molar-refractivity contribution < 1.29 is 23.7 Å². The molecule has 0 heterocycles. The van der Waals surface area contributed by atoms with Crippen molar-refractivity contribution >= 4 is 16.9 Å². The summed E-state index contributed by atoms with van der Waals surface area (Å²) in [6.07, 6.45) is 1.46. The van der Waals surface area contributed by atoms with E-state index in [2.05, 4.69) is 6.92 Å². The van der Waals surface area contributed by atoms with E-state index in [4.69, 9.17) is 18.9 Å². The zero-order chi connectivity index (χ0) is 18.0. The molecule has 0 aliphatic carbocycles. The molecule has 1 rings (SSSR count). The zero-order valence-corrected chi connectivity index (χ0v) is 15.9. The minimum Gasteiger partial charge on any atom is -0.379 e. The number of benzene rings is 1. The van der Waals surface area contributed by atoms with Gasteiger partial charge in [-0.25, -0.2) is 0 Å². The van der Waals surface area contributed by atoms with Gasteiger partial charge in [0.25, 0.3) is 0 Å². The third-order valence-electron chi connectivity index (χ3n) is 3.16. The van der Waals surface area contributed by atoms with Gasteiger partial charge in [0.15, 0.2) is 5.12 Å². The molecule has 1 aromatic carbocycles. The van der Waals surface area contributed by atoms with Crippen molar-refractivity contribution in [2.24, 2.45) is 0 Å². The summed E-state index contributed by atoms with van der Waals surface area (Å²) in [7, 11) is 0. The van der Waals surface area contributed by atoms with E-state index in [1.807, 2.05) is 30.3 Å². The molecule has 0 unspecified atom stereocenters. The first-order valence-corrected chi connectivity index (χ1v) is 9.82. The van der Waals surface area contributed by atoms with Crippen LogP contribution in [-0.2, 0) is 29.5 Å². The SMILES string of the molecule is CCCOCCOCCOCCOCCC(=O)SCc1ccccc1. The molecule has 0 saturated heterocycles. The first kappa shape index (κ1) is 22.1. The average Bonchev–Trinajstić information content (AvgIpc) is 2.64. The first-order chi connectivity index (χ1) is 12.3. The Bertz CT molecular complexity index is 427. The van der Waals surface area contributed by atoms with Crippen molar-refractivity contribution in [1.82, 2.24) is 0 Å². The molecule has 25 heavy (non-hydrogen) atoms. The number of hydrogen-bond acceptors (Lipinski definition) is 6. The van der Waals surface area contributed by atoms with Crippen LogP contribution in [-0.4, -0.2) is 58.0 Å². The van der Waals surface area contributed by atoms with Gasteiger partial charge in [0.05, 0.1) is 46.2 Å². The van der Waals surface area contributed by atoms with E-state index in [0.29, 0.717) is 58.4 Å². The molecule has 0 aliphatic heterocycles. The van der Waals surface area contributed by atoms with E-state index in [-0.39, 0.29) is 5.12 Å². The third-order valence-corrected chi connectivity index (χ3v) is 4.16. The standard InChI is InChI=1S/C19H30O5S/c1-2-9-21-11-13-23-15-16-24-14-12-22-10-8-19(20)25-17-18-6-4-3-5-7-18/h3-7H,2,8-17H2,1H3. The fraction of sp³-hybridized carbons (Fsp3) is 0.632. The molecule has 0 atom stereocenters. The van der Waals surface area contributed by atoms with Gasteiger partial charge in [-0.2, -0.15) is 0 Å². The summed E-state index contributed by atoms with van der Waals surface area (Å²) in [6.45, 7) is 6.65. The highest BCUT2D eigenvalue weighted by Gasteiger charge is 2.03. The summed E-state index contributed by atoms with van der Waals surface area (Å²) >= 11 is 1.34. The van der Waals surface area contributed by atoms with Crippen molar-refractivity contribution in [2.75, 3.05) is 52.9 Å². The van der Waals surface area contributed by atoms with E-state index < -0.39 is 0 Å². The molecule has 5 nitrogen and oxygen atoms in total. The number of ether oxygens (including phenoxy) is 4. The van der Waals surface area contributed by atoms with Crippen LogP contribution in [0.1, 0.15) is 25.3 Å². The molecule has 0 amide bonds. The van der Waals surface area contributed by atoms with Gasteiger partial charge in [-0.15, -0.1) is 0 Å². The highest BCUT2D eigenvalue weighted by Crippen LogP contribution is 2.14. The summed E-state index contributed by atoms with van der Waals surface area (Å²) in [5, 5.41) is 0.156. The average molecular weight is 371 g/mol. The number of hydrogen-bond donors (Lipinski definition) is 0. The highest BCUT2D eigenvalue weighted by molar-refractivity contribution is 8.12. The Kier molecular flexibility index (Phi) is 14.6. The number of carbonyl (C=O) groups excluding carboxylic acids is 1. The third kappa shape index (κ3) is 14.0. The van der Waals surface area contributed by atoms with Crippen LogP contribution in [0.4, 0.5) is 0 Å². The van der Waals surface area contributed by atoms with Crippen LogP contribution in [0.25, 0.3) is 0 Å². The van der Waals surface area contributed by atoms with E-state index in [1.165, 1.54) is 11.8 Å². The maximum absolute atomic E-state index is 11.7. The van der Waals surface area contributed by atoms with E-state index in [0.717, 1.165) is 18.6 Å². The van der Waals surface area contributed by atoms with Crippen molar-refractivity contribution in [3.8, 4) is 0 Å². The number of carbonyl (C=O) groups is 1. The van der Waals surface area contributed by atoms with Gasteiger partial charge in [0, 0.05) is 18.8 Å². The van der Waals surface area contributed by atoms with Crippen LogP contribution in [0.5, 0.6) is 0 Å². The Balaban J connectivity index is 1.80. The minimum atomic E-state index is 0.156. The summed E-state index contributed by atoms with van der Waals surface area (Å²) < 4.78 is 21.5. The molecule has 0 aliphatic rings. The van der Waals surface area contributed by atoms with Crippen LogP contribution in [0.15, 0.2) is 30.3 Å². The predicted octanol–water partition coefficient (Wildman–Crippen LogP) is 3.31. The van der Waals surface area contributed by atoms with Gasteiger partial charge in [0.2, 0.25) is 0 Å². The molecular weight excluding hydrogens is 340 g/mol. The molecule has 0 radical (unpaired) electrons. The lowest BCUT2D eigenvalue weighted by atomic mass is 10.2. The fourth-order valence-corrected chi connectivity index (χ4v) is 2.62. The van der Waals surface area contributed by atoms with Crippen LogP contribution in [0, 0.1) is 0 Å². The Labute approximate surface area is 155 Å². The lowest BCUT2D eigenvalue weighted by Gasteiger charge is -2.07. The van der Waals surface area contributed by atoms with Gasteiger partial charge in [-0.3, -0.25) is 4.79 Å². The lowest BCUT2D eigenvalue weighted by Crippen LogP contribution is -2.12. The lowest BCUT2D eigenvalue weighted by molar-refractivity contribution is -0.112. The number of rotatable bonds is 16. The van der Waals surface area contributed by atoms with Gasteiger partial charge < -0.3 is 18.9 Å². The zero-order valence-electron chi connectivity index (χ0n) is 15.1. The van der Waals surface area contributed by atoms with Crippen molar-refractivity contribution in [3.63, 3.8) is 0 Å². The van der Waals surface area contributed by atoms with Gasteiger partial charge in [-0.05, 0) is 12.0 Å². The van der Waals surface area contributed by atoms with Gasteiger partial charge >= 0.3 is 0 Å². The van der Waals surface area contributed by atoms with Crippen LogP contribution >= 0.6 is 11.8 Å². The summed E-state index contributed by atoms with van der Waals surface area (Å²) in [5.41, 5.74) is 1.16. The molecule has 142 valence electrons. The molecule has 0 saturated carbocycles. The maximum atomic E-state index is 11.7. The van der Waals surface area contributed by atoms with E-state index in [9.17, 15) is 4.79 Å². The predicted molar refractivity (Wildman–Crippen MR) is 101 cm³/mol. The molecule has 0 spiro atoms. The van der Waals surface area contributed by atoms with Crippen LogP contribution in [0.3, 0.4) is 0 Å². The second-order valence-corrected chi connectivity index (χ2v) is 6.38. The molecule has 6 heteroatoms. The minimum absolute atomic E-state index is 0.156. The van der Waals surface area contributed by atoms with E-state index in [1.54, 1.807) is 0 Å². The quantitative estimate of drug-likeness (QED) is 0.416. The van der Waals surface area contributed by atoms with Crippen LogP contribution < -0.4 is 0 Å². The Hall–Kier alpha value is -0.920. The second kappa shape index (κ2) is 16.5. The van der Waals surface area contributed by atoms with Crippen LogP contribution in [0.2, 0.25) is 0 Å². The molecule has 0 fully saturated rings. The summed E-state index contributed by atoms with van der Waals surface area (Å²) in [6, 6.07) is 9.98. The van der Waals surface area contributed by atoms with Gasteiger partial charge in [0.1, 0.15) is 0 Å². The topological polar surface area (TPSA) is 54.0 Å². The number of thioether (sulfide) groups is 1. The molecule has 0 N–H and O–H groups in total. The first-order valence-electron chi connectivity index (χ1n) is 8.83. The van der Waals surface area contributed by atoms with Gasteiger partial charge in [-0.1, -0.05) is 49.0 Å². The smallest absolute Gasteiger partial charge is 0.191 e. The fourth-order valence-electron chi connectivity index (χ4n) is 1.87. The Morgan fingerprint density at radius 2 is 1.32 bits per heavy atom. The summed E-state index contributed by atoms with van der Waals surface area (Å²) in [5.74, 6) is 0.715. The molecule has 1 aromatic rings. The van der Waals surface area contributed by atoms with Crippen molar-refractivity contribution in [1.29, 1.82) is 0 Å². The Morgan fingerprint density at radius 3 is 1.88 bits per heavy atom. The Morgan fingerprint density at radius 1 is 0.800 bits per heavy atom. The van der Waals surface area contributed by atoms with E-state index >= 15 is 0 Å². The monoisotopic (exact) mass is 370 g/mol. The second-order valence-electron chi connectivity index (χ2n) is 5.35. The normalized spacial score (nSPS) is 10.9. The van der Waals surface area contributed by atoms with Crippen molar-refractivity contribution in [3.05, 3.63) is 35.9 Å².